The average Bonchev–Trinajstić information content (AvgIpc) is 2.43. The molecule has 0 atom stereocenters. The molecule has 2 aromatic rings. The molecule has 2 rings (SSSR count). The summed E-state index contributed by atoms with van der Waals surface area (Å²) >= 11 is 2.24. The van der Waals surface area contributed by atoms with E-state index in [1.807, 2.05) is 24.3 Å². The van der Waals surface area contributed by atoms with Crippen LogP contribution in [0.5, 0.6) is 0 Å². The number of carbonyl (C=O) groups excluding carboxylic acids is 1. The first-order valence-corrected chi connectivity index (χ1v) is 7.79. The van der Waals surface area contributed by atoms with E-state index in [4.69, 9.17) is 0 Å². The number of hydrogen-bond acceptors (Lipinski definition) is 1. The van der Waals surface area contributed by atoms with Gasteiger partial charge >= 0.3 is 0 Å². The van der Waals surface area contributed by atoms with Crippen LogP contribution in [0.2, 0.25) is 0 Å². The topological polar surface area (TPSA) is 17.1 Å². The molecule has 0 N–H and O–H groups in total. The number of halogens is 1. The summed E-state index contributed by atoms with van der Waals surface area (Å²) in [5.74, 6) is 0.129. The van der Waals surface area contributed by atoms with Gasteiger partial charge in [-0.05, 0) is 97.2 Å². The molecule has 0 amide bonds. The first kappa shape index (κ1) is 15.2. The Morgan fingerprint density at radius 2 is 1.35 bits per heavy atom. The smallest absolute Gasteiger partial charge is 0.193 e. The molecule has 0 saturated carbocycles. The highest BCUT2D eigenvalue weighted by Crippen LogP contribution is 2.28. The molecule has 0 fully saturated rings. The minimum Gasteiger partial charge on any atom is -0.289 e. The zero-order valence-electron chi connectivity index (χ0n) is 12.6. The molecule has 0 bridgehead atoms. The fraction of sp³-hybridized carbons (Fsp3) is 0.278. The number of carbonyl (C=O) groups is 1. The molecular weight excluding hydrogens is 359 g/mol. The Bertz CT molecular complexity index is 670. The zero-order chi connectivity index (χ0) is 15.0. The van der Waals surface area contributed by atoms with Crippen LogP contribution >= 0.6 is 22.6 Å². The average molecular weight is 378 g/mol. The first-order chi connectivity index (χ1) is 9.34. The summed E-state index contributed by atoms with van der Waals surface area (Å²) in [7, 11) is 0. The third kappa shape index (κ3) is 2.53. The molecule has 0 aliphatic carbocycles. The van der Waals surface area contributed by atoms with Gasteiger partial charge in [-0.2, -0.15) is 0 Å². The van der Waals surface area contributed by atoms with Gasteiger partial charge in [0.2, 0.25) is 0 Å². The summed E-state index contributed by atoms with van der Waals surface area (Å²) in [6.45, 7) is 10.4. The van der Waals surface area contributed by atoms with E-state index < -0.39 is 0 Å². The number of rotatable bonds is 2. The third-order valence-corrected chi connectivity index (χ3v) is 4.98. The first-order valence-electron chi connectivity index (χ1n) is 6.71. The number of benzene rings is 2. The van der Waals surface area contributed by atoms with Crippen molar-refractivity contribution in [3.63, 3.8) is 0 Å². The van der Waals surface area contributed by atoms with Crippen LogP contribution in [0.15, 0.2) is 24.3 Å². The second-order valence-corrected chi connectivity index (χ2v) is 6.59. The van der Waals surface area contributed by atoms with Gasteiger partial charge < -0.3 is 0 Å². The van der Waals surface area contributed by atoms with E-state index in [2.05, 4.69) is 57.2 Å². The van der Waals surface area contributed by atoms with Crippen molar-refractivity contribution in [3.05, 3.63) is 66.8 Å². The van der Waals surface area contributed by atoms with Crippen LogP contribution in [0, 0.1) is 38.2 Å². The lowest BCUT2D eigenvalue weighted by atomic mass is 9.86. The largest absolute Gasteiger partial charge is 0.289 e. The Hall–Kier alpha value is -1.16. The van der Waals surface area contributed by atoms with E-state index >= 15 is 0 Å². The minimum absolute atomic E-state index is 0.129. The predicted octanol–water partition coefficient (Wildman–Crippen LogP) is 5.06. The highest BCUT2D eigenvalue weighted by molar-refractivity contribution is 14.1. The normalized spacial score (nSPS) is 10.7. The molecular formula is C18H19IO. The lowest BCUT2D eigenvalue weighted by molar-refractivity contribution is 0.103. The molecule has 2 aromatic carbocycles. The van der Waals surface area contributed by atoms with Crippen LogP contribution in [-0.2, 0) is 0 Å². The maximum Gasteiger partial charge on any atom is 0.193 e. The molecule has 104 valence electrons. The lowest BCUT2D eigenvalue weighted by Gasteiger charge is -2.18. The molecule has 0 radical (unpaired) electrons. The molecule has 0 spiro atoms. The predicted molar refractivity (Wildman–Crippen MR) is 92.7 cm³/mol. The van der Waals surface area contributed by atoms with E-state index in [1.165, 1.54) is 16.7 Å². The lowest BCUT2D eigenvalue weighted by Crippen LogP contribution is -2.10. The van der Waals surface area contributed by atoms with Crippen molar-refractivity contribution in [1.82, 2.24) is 0 Å². The van der Waals surface area contributed by atoms with Crippen molar-refractivity contribution in [2.45, 2.75) is 34.6 Å². The molecule has 0 heterocycles. The molecule has 0 saturated heterocycles. The molecule has 20 heavy (non-hydrogen) atoms. The Morgan fingerprint density at radius 3 is 1.85 bits per heavy atom. The quantitative estimate of drug-likeness (QED) is 0.527. The SMILES string of the molecule is Cc1c(C)c(C)c(C(=O)c2cccc(I)c2)c(C)c1C. The van der Waals surface area contributed by atoms with Gasteiger partial charge in [-0.15, -0.1) is 0 Å². The van der Waals surface area contributed by atoms with Crippen molar-refractivity contribution < 1.29 is 4.79 Å². The molecule has 2 heteroatoms. The molecule has 0 unspecified atom stereocenters. The van der Waals surface area contributed by atoms with Gasteiger partial charge in [0.1, 0.15) is 0 Å². The Kier molecular flexibility index (Phi) is 4.33. The van der Waals surface area contributed by atoms with Crippen LogP contribution in [0.25, 0.3) is 0 Å². The highest BCUT2D eigenvalue weighted by Gasteiger charge is 2.19. The Balaban J connectivity index is 2.67. The van der Waals surface area contributed by atoms with Gasteiger partial charge in [0.05, 0.1) is 0 Å². The fourth-order valence-electron chi connectivity index (χ4n) is 2.61. The summed E-state index contributed by atoms with van der Waals surface area (Å²) < 4.78 is 1.09. The summed E-state index contributed by atoms with van der Waals surface area (Å²) in [6, 6.07) is 7.79. The van der Waals surface area contributed by atoms with Crippen LogP contribution < -0.4 is 0 Å². The summed E-state index contributed by atoms with van der Waals surface area (Å²) in [5, 5.41) is 0. The zero-order valence-corrected chi connectivity index (χ0v) is 14.8. The Morgan fingerprint density at radius 1 is 0.850 bits per heavy atom. The minimum atomic E-state index is 0.129. The number of hydrogen-bond donors (Lipinski definition) is 0. The van der Waals surface area contributed by atoms with E-state index in [-0.39, 0.29) is 5.78 Å². The standard InChI is InChI=1S/C18H19IO/c1-10-11(2)13(4)17(14(5)12(10)3)18(20)15-7-6-8-16(19)9-15/h6-9H,1-5H3. The van der Waals surface area contributed by atoms with Gasteiger partial charge in [0, 0.05) is 14.7 Å². The summed E-state index contributed by atoms with van der Waals surface area (Å²) in [6.07, 6.45) is 0. The Labute approximate surface area is 134 Å². The van der Waals surface area contributed by atoms with Crippen molar-refractivity contribution in [2.75, 3.05) is 0 Å². The second kappa shape index (κ2) is 5.68. The molecule has 0 aliphatic heterocycles. The fourth-order valence-corrected chi connectivity index (χ4v) is 3.16. The van der Waals surface area contributed by atoms with Crippen molar-refractivity contribution in [3.8, 4) is 0 Å². The second-order valence-electron chi connectivity index (χ2n) is 5.34. The van der Waals surface area contributed by atoms with E-state index in [0.717, 1.165) is 25.8 Å². The van der Waals surface area contributed by atoms with Crippen LogP contribution in [-0.4, -0.2) is 5.78 Å². The maximum absolute atomic E-state index is 12.9. The monoisotopic (exact) mass is 378 g/mol. The number of ketones is 1. The van der Waals surface area contributed by atoms with Crippen molar-refractivity contribution in [1.29, 1.82) is 0 Å². The van der Waals surface area contributed by atoms with E-state index in [9.17, 15) is 4.79 Å². The molecule has 0 aliphatic rings. The molecule has 1 nitrogen and oxygen atoms in total. The van der Waals surface area contributed by atoms with E-state index in [1.54, 1.807) is 0 Å². The van der Waals surface area contributed by atoms with Gasteiger partial charge in [0.25, 0.3) is 0 Å². The van der Waals surface area contributed by atoms with Crippen molar-refractivity contribution >= 4 is 28.4 Å². The van der Waals surface area contributed by atoms with Crippen LogP contribution in [0.4, 0.5) is 0 Å². The highest BCUT2D eigenvalue weighted by atomic mass is 127. The molecule has 0 aromatic heterocycles. The summed E-state index contributed by atoms with van der Waals surface area (Å²) in [4.78, 5) is 12.9. The van der Waals surface area contributed by atoms with Gasteiger partial charge in [-0.3, -0.25) is 4.79 Å². The van der Waals surface area contributed by atoms with Crippen LogP contribution in [0.1, 0.15) is 43.7 Å². The third-order valence-electron chi connectivity index (χ3n) is 4.31. The van der Waals surface area contributed by atoms with Gasteiger partial charge in [0.15, 0.2) is 5.78 Å². The van der Waals surface area contributed by atoms with E-state index in [0.29, 0.717) is 0 Å². The van der Waals surface area contributed by atoms with Crippen molar-refractivity contribution in [2.24, 2.45) is 0 Å². The van der Waals surface area contributed by atoms with Gasteiger partial charge in [-0.1, -0.05) is 12.1 Å². The van der Waals surface area contributed by atoms with Gasteiger partial charge in [-0.25, -0.2) is 0 Å². The summed E-state index contributed by atoms with van der Waals surface area (Å²) in [5.41, 5.74) is 7.59. The maximum atomic E-state index is 12.9. The van der Waals surface area contributed by atoms with Crippen LogP contribution in [0.3, 0.4) is 0 Å².